The first kappa shape index (κ1) is 24.4. The van der Waals surface area contributed by atoms with Gasteiger partial charge >= 0.3 is 16.3 Å². The van der Waals surface area contributed by atoms with Gasteiger partial charge in [0.2, 0.25) is 0 Å². The van der Waals surface area contributed by atoms with E-state index in [9.17, 15) is 22.9 Å². The standard InChI is InChI=1S/C24H41NO6S/c1-14(4-7-21(27)28)17-5-6-18-22-19(9-11-24(17,18)3)23(2)10-8-16(26)12-15(23)13-20(22)25-32(29,30)31/h14-20,22,25-26H,4-13H2,1-3H3,(H,27,28)(H,29,30,31)/t14-,15+,16-,17-,18+,19+,20-,22+,23+,24-/m1/s1. The maximum Gasteiger partial charge on any atom is 0.333 e. The highest BCUT2D eigenvalue weighted by atomic mass is 32.2. The number of hydrogen-bond acceptors (Lipinski definition) is 4. The molecule has 4 rings (SSSR count). The Morgan fingerprint density at radius 2 is 1.72 bits per heavy atom. The lowest BCUT2D eigenvalue weighted by Crippen LogP contribution is -2.62. The van der Waals surface area contributed by atoms with Crippen LogP contribution in [0, 0.1) is 46.3 Å². The predicted molar refractivity (Wildman–Crippen MR) is 121 cm³/mol. The van der Waals surface area contributed by atoms with E-state index in [0.717, 1.165) is 38.5 Å². The Bertz CT molecular complexity index is 832. The normalized spacial score (nSPS) is 47.2. The van der Waals surface area contributed by atoms with E-state index in [1.807, 2.05) is 0 Å². The van der Waals surface area contributed by atoms with Crippen molar-refractivity contribution in [1.29, 1.82) is 0 Å². The summed E-state index contributed by atoms with van der Waals surface area (Å²) in [5, 5.41) is 19.5. The van der Waals surface area contributed by atoms with Crippen LogP contribution < -0.4 is 4.72 Å². The first-order valence-corrected chi connectivity index (χ1v) is 13.9. The van der Waals surface area contributed by atoms with Crippen LogP contribution in [0.3, 0.4) is 0 Å². The molecule has 0 heterocycles. The maximum absolute atomic E-state index is 11.9. The number of nitrogens with one attached hydrogen (secondary N) is 1. The molecule has 0 aromatic heterocycles. The highest BCUT2D eigenvalue weighted by molar-refractivity contribution is 7.83. The smallest absolute Gasteiger partial charge is 0.333 e. The van der Waals surface area contributed by atoms with Crippen LogP contribution in [0.1, 0.15) is 85.0 Å². The Labute approximate surface area is 192 Å². The first-order chi connectivity index (χ1) is 14.8. The van der Waals surface area contributed by atoms with Crippen molar-refractivity contribution in [3.8, 4) is 0 Å². The third kappa shape index (κ3) is 4.25. The molecule has 0 radical (unpaired) electrons. The Morgan fingerprint density at radius 1 is 1.06 bits per heavy atom. The number of aliphatic hydroxyl groups excluding tert-OH is 1. The Balaban J connectivity index is 1.64. The van der Waals surface area contributed by atoms with Crippen LogP contribution in [0.15, 0.2) is 0 Å². The second-order valence-corrected chi connectivity index (χ2v) is 13.2. The lowest BCUT2D eigenvalue weighted by atomic mass is 9.43. The fraction of sp³-hybridized carbons (Fsp3) is 0.958. The number of fused-ring (bicyclic) bond motifs is 5. The van der Waals surface area contributed by atoms with Gasteiger partial charge in [0, 0.05) is 12.5 Å². The Morgan fingerprint density at radius 3 is 2.38 bits per heavy atom. The van der Waals surface area contributed by atoms with Crippen molar-refractivity contribution in [2.75, 3.05) is 0 Å². The average Bonchev–Trinajstić information content (AvgIpc) is 3.03. The second kappa shape index (κ2) is 8.51. The van der Waals surface area contributed by atoms with Crippen molar-refractivity contribution < 1.29 is 28.0 Å². The molecule has 0 saturated heterocycles. The minimum Gasteiger partial charge on any atom is -0.481 e. The molecule has 0 bridgehead atoms. The van der Waals surface area contributed by atoms with E-state index < -0.39 is 16.3 Å². The molecule has 4 aliphatic rings. The van der Waals surface area contributed by atoms with Gasteiger partial charge in [0.05, 0.1) is 6.10 Å². The van der Waals surface area contributed by atoms with Gasteiger partial charge in [-0.25, -0.2) is 0 Å². The van der Waals surface area contributed by atoms with Crippen molar-refractivity contribution in [2.24, 2.45) is 46.3 Å². The molecule has 4 aliphatic carbocycles. The largest absolute Gasteiger partial charge is 0.481 e. The molecular weight excluding hydrogens is 430 g/mol. The number of hydrogen-bond donors (Lipinski definition) is 4. The summed E-state index contributed by atoms with van der Waals surface area (Å²) < 4.78 is 36.1. The molecule has 0 aromatic carbocycles. The zero-order valence-corrected chi connectivity index (χ0v) is 20.5. The number of rotatable bonds is 6. The molecule has 184 valence electrons. The third-order valence-electron chi connectivity index (χ3n) is 10.6. The van der Waals surface area contributed by atoms with E-state index in [2.05, 4.69) is 25.5 Å². The molecule has 32 heavy (non-hydrogen) atoms. The summed E-state index contributed by atoms with van der Waals surface area (Å²) in [7, 11) is -4.32. The summed E-state index contributed by atoms with van der Waals surface area (Å²) in [6.07, 6.45) is 7.92. The molecule has 10 atom stereocenters. The van der Waals surface area contributed by atoms with Crippen LogP contribution in [0.4, 0.5) is 0 Å². The van der Waals surface area contributed by atoms with Crippen LogP contribution in [0.25, 0.3) is 0 Å². The molecule has 4 N–H and O–H groups in total. The van der Waals surface area contributed by atoms with Crippen molar-refractivity contribution in [1.82, 2.24) is 4.72 Å². The Hall–Kier alpha value is -0.700. The summed E-state index contributed by atoms with van der Waals surface area (Å²) in [6.45, 7) is 6.89. The number of aliphatic carboxylic acids is 1. The van der Waals surface area contributed by atoms with Gasteiger partial charge in [0.25, 0.3) is 0 Å². The number of carbonyl (C=O) groups is 1. The van der Waals surface area contributed by atoms with Crippen LogP contribution in [-0.4, -0.2) is 41.3 Å². The molecule has 0 aliphatic heterocycles. The molecule has 0 spiro atoms. The zero-order valence-electron chi connectivity index (χ0n) is 19.7. The van der Waals surface area contributed by atoms with E-state index in [0.29, 0.717) is 42.9 Å². The number of carboxylic acids is 1. The minimum absolute atomic E-state index is 0.0651. The SMILES string of the molecule is C[C@H](CCC(=O)O)[C@H]1CC[C@H]2[C@@H]3[C@H](NS(=O)(=O)O)C[C@@H]4C[C@H](O)CC[C@]4(C)[C@H]3CC[C@]12C. The first-order valence-electron chi connectivity index (χ1n) is 12.5. The van der Waals surface area contributed by atoms with E-state index in [1.165, 1.54) is 0 Å². The maximum atomic E-state index is 11.9. The van der Waals surface area contributed by atoms with Crippen molar-refractivity contribution >= 4 is 16.3 Å². The molecule has 8 heteroatoms. The highest BCUT2D eigenvalue weighted by Gasteiger charge is 2.63. The predicted octanol–water partition coefficient (Wildman–Crippen LogP) is 3.88. The van der Waals surface area contributed by atoms with Gasteiger partial charge in [-0.05, 0) is 104 Å². The van der Waals surface area contributed by atoms with Crippen LogP contribution >= 0.6 is 0 Å². The van der Waals surface area contributed by atoms with Crippen LogP contribution in [0.5, 0.6) is 0 Å². The topological polar surface area (TPSA) is 124 Å². The molecule has 0 aromatic rings. The monoisotopic (exact) mass is 471 g/mol. The lowest BCUT2D eigenvalue weighted by molar-refractivity contribution is -0.141. The van der Waals surface area contributed by atoms with Gasteiger partial charge in [-0.3, -0.25) is 9.35 Å². The van der Waals surface area contributed by atoms with Crippen LogP contribution in [-0.2, 0) is 15.1 Å². The van der Waals surface area contributed by atoms with Gasteiger partial charge in [0.15, 0.2) is 0 Å². The summed E-state index contributed by atoms with van der Waals surface area (Å²) >= 11 is 0. The molecule has 7 nitrogen and oxygen atoms in total. The summed E-state index contributed by atoms with van der Waals surface area (Å²) in [5.41, 5.74) is 0.158. The van der Waals surface area contributed by atoms with Gasteiger partial charge in [-0.2, -0.15) is 13.1 Å². The summed E-state index contributed by atoms with van der Waals surface area (Å²) in [5.74, 6) is 1.18. The average molecular weight is 472 g/mol. The second-order valence-electron chi connectivity index (χ2n) is 12.0. The molecule has 4 fully saturated rings. The van der Waals surface area contributed by atoms with Crippen LogP contribution in [0.2, 0.25) is 0 Å². The minimum atomic E-state index is -4.32. The fourth-order valence-electron chi connectivity index (χ4n) is 9.09. The number of carboxylic acid groups (broad SMARTS) is 1. The summed E-state index contributed by atoms with van der Waals surface area (Å²) in [6, 6.07) is -0.309. The molecule has 0 unspecified atom stereocenters. The van der Waals surface area contributed by atoms with Gasteiger partial charge in [0.1, 0.15) is 0 Å². The molecule has 0 amide bonds. The summed E-state index contributed by atoms with van der Waals surface area (Å²) in [4.78, 5) is 11.1. The van der Waals surface area contributed by atoms with Gasteiger partial charge in [-0.1, -0.05) is 20.8 Å². The van der Waals surface area contributed by atoms with Gasteiger partial charge < -0.3 is 10.2 Å². The van der Waals surface area contributed by atoms with Gasteiger partial charge in [-0.15, -0.1) is 0 Å². The zero-order chi connectivity index (χ0) is 23.5. The van der Waals surface area contributed by atoms with E-state index in [-0.39, 0.29) is 41.2 Å². The lowest BCUT2D eigenvalue weighted by Gasteiger charge is -2.63. The van der Waals surface area contributed by atoms with Crippen molar-refractivity contribution in [2.45, 2.75) is 97.1 Å². The molecular formula is C24H41NO6S. The van der Waals surface area contributed by atoms with E-state index in [1.54, 1.807) is 0 Å². The highest BCUT2D eigenvalue weighted by Crippen LogP contribution is 2.68. The Kier molecular flexibility index (Phi) is 6.49. The third-order valence-corrected chi connectivity index (χ3v) is 11.2. The van der Waals surface area contributed by atoms with E-state index in [4.69, 9.17) is 5.11 Å². The molecule has 4 saturated carbocycles. The van der Waals surface area contributed by atoms with Crippen molar-refractivity contribution in [3.05, 3.63) is 0 Å². The quantitative estimate of drug-likeness (QED) is 0.436. The van der Waals surface area contributed by atoms with Crippen molar-refractivity contribution in [3.63, 3.8) is 0 Å². The van der Waals surface area contributed by atoms with E-state index >= 15 is 0 Å². The fourth-order valence-corrected chi connectivity index (χ4v) is 9.72. The number of aliphatic hydroxyl groups is 1.